The van der Waals surface area contributed by atoms with Gasteiger partial charge in [-0.3, -0.25) is 9.59 Å². The monoisotopic (exact) mass is 386 g/mol. The lowest BCUT2D eigenvalue weighted by atomic mass is 10.0. The van der Waals surface area contributed by atoms with Crippen molar-refractivity contribution in [2.75, 3.05) is 13.7 Å². The molecule has 6 heteroatoms. The molecule has 1 aliphatic carbocycles. The second-order valence-electron chi connectivity index (χ2n) is 6.75. The number of hydrogen-bond donors (Lipinski definition) is 2. The summed E-state index contributed by atoms with van der Waals surface area (Å²) in [6, 6.07) is 15.0. The van der Waals surface area contributed by atoms with Crippen molar-refractivity contribution in [3.8, 4) is 5.75 Å². The summed E-state index contributed by atoms with van der Waals surface area (Å²) in [4.78, 5) is 25.0. The summed E-state index contributed by atoms with van der Waals surface area (Å²) in [5, 5.41) is 6.44. The molecule has 1 fully saturated rings. The van der Waals surface area contributed by atoms with E-state index >= 15 is 0 Å². The van der Waals surface area contributed by atoms with E-state index in [-0.39, 0.29) is 11.8 Å². The van der Waals surface area contributed by atoms with E-state index in [9.17, 15) is 9.59 Å². The third kappa shape index (κ3) is 4.80. The van der Waals surface area contributed by atoms with E-state index in [1.807, 2.05) is 48.5 Å². The minimum atomic E-state index is -0.916. The Kier molecular flexibility index (Phi) is 6.01. The van der Waals surface area contributed by atoms with E-state index in [1.54, 1.807) is 7.11 Å². The molecule has 0 aliphatic heterocycles. The Hall–Kier alpha value is -2.53. The molecule has 2 aromatic carbocycles. The van der Waals surface area contributed by atoms with E-state index < -0.39 is 5.41 Å². The Bertz CT molecular complexity index is 816. The minimum absolute atomic E-state index is 0.197. The molecule has 0 atom stereocenters. The predicted octanol–water partition coefficient (Wildman–Crippen LogP) is 3.10. The van der Waals surface area contributed by atoms with Crippen LogP contribution in [0.3, 0.4) is 0 Å². The van der Waals surface area contributed by atoms with E-state index in [0.29, 0.717) is 37.4 Å². The highest BCUT2D eigenvalue weighted by atomic mass is 35.5. The van der Waals surface area contributed by atoms with Gasteiger partial charge in [0.15, 0.2) is 0 Å². The number of carbonyl (C=O) groups excluding carboxylic acids is 2. The van der Waals surface area contributed by atoms with Crippen molar-refractivity contribution < 1.29 is 14.3 Å². The Labute approximate surface area is 164 Å². The molecule has 0 heterocycles. The molecular formula is C21H23ClN2O3. The fourth-order valence-corrected chi connectivity index (χ4v) is 3.17. The molecule has 0 bridgehead atoms. The van der Waals surface area contributed by atoms with Crippen molar-refractivity contribution in [2.24, 2.45) is 5.41 Å². The molecule has 0 aromatic heterocycles. The van der Waals surface area contributed by atoms with Crippen molar-refractivity contribution in [2.45, 2.75) is 25.8 Å². The fraction of sp³-hybridized carbons (Fsp3) is 0.333. The van der Waals surface area contributed by atoms with Gasteiger partial charge in [0.2, 0.25) is 11.8 Å². The Balaban J connectivity index is 1.47. The van der Waals surface area contributed by atoms with E-state index in [4.69, 9.17) is 16.3 Å². The molecule has 2 N–H and O–H groups in total. The largest absolute Gasteiger partial charge is 0.497 e. The van der Waals surface area contributed by atoms with Crippen LogP contribution >= 0.6 is 11.6 Å². The molecule has 27 heavy (non-hydrogen) atoms. The summed E-state index contributed by atoms with van der Waals surface area (Å²) in [5.41, 5.74) is 1.10. The van der Waals surface area contributed by atoms with Crippen LogP contribution < -0.4 is 15.4 Å². The molecule has 0 spiro atoms. The van der Waals surface area contributed by atoms with Gasteiger partial charge in [-0.2, -0.15) is 0 Å². The van der Waals surface area contributed by atoms with Gasteiger partial charge in [0, 0.05) is 18.1 Å². The van der Waals surface area contributed by atoms with E-state index in [0.717, 1.165) is 16.9 Å². The number of amides is 2. The maximum atomic E-state index is 12.5. The molecule has 2 amide bonds. The van der Waals surface area contributed by atoms with Crippen LogP contribution in [0.5, 0.6) is 5.75 Å². The highest BCUT2D eigenvalue weighted by Gasteiger charge is 2.56. The minimum Gasteiger partial charge on any atom is -0.497 e. The Morgan fingerprint density at radius 2 is 1.74 bits per heavy atom. The SMILES string of the molecule is COc1ccc(CNC(=O)C2(C(=O)NCCc3cccc(Cl)c3)CC2)cc1. The summed E-state index contributed by atoms with van der Waals surface area (Å²) in [6.07, 6.45) is 1.85. The zero-order chi connectivity index (χ0) is 19.3. The molecule has 1 saturated carbocycles. The molecular weight excluding hydrogens is 364 g/mol. The lowest BCUT2D eigenvalue weighted by Gasteiger charge is -2.15. The van der Waals surface area contributed by atoms with Gasteiger partial charge in [-0.1, -0.05) is 35.9 Å². The van der Waals surface area contributed by atoms with E-state index in [1.165, 1.54) is 0 Å². The van der Waals surface area contributed by atoms with Crippen LogP contribution in [0.15, 0.2) is 48.5 Å². The van der Waals surface area contributed by atoms with Crippen molar-refractivity contribution in [1.82, 2.24) is 10.6 Å². The van der Waals surface area contributed by atoms with Crippen LogP contribution in [0.4, 0.5) is 0 Å². The molecule has 0 radical (unpaired) electrons. The van der Waals surface area contributed by atoms with E-state index in [2.05, 4.69) is 10.6 Å². The van der Waals surface area contributed by atoms with Crippen LogP contribution in [-0.4, -0.2) is 25.5 Å². The molecule has 2 aromatic rings. The normalized spacial score (nSPS) is 14.3. The van der Waals surface area contributed by atoms with Gasteiger partial charge in [-0.05, 0) is 54.7 Å². The number of hydrogen-bond acceptors (Lipinski definition) is 3. The average molecular weight is 387 g/mol. The number of carbonyl (C=O) groups is 2. The van der Waals surface area contributed by atoms with Gasteiger partial charge >= 0.3 is 0 Å². The molecule has 0 unspecified atom stereocenters. The maximum Gasteiger partial charge on any atom is 0.235 e. The third-order valence-corrected chi connectivity index (χ3v) is 5.05. The van der Waals surface area contributed by atoms with Crippen molar-refractivity contribution in [1.29, 1.82) is 0 Å². The predicted molar refractivity (Wildman–Crippen MR) is 105 cm³/mol. The van der Waals surface area contributed by atoms with Crippen LogP contribution in [0, 0.1) is 5.41 Å². The quantitative estimate of drug-likeness (QED) is 0.685. The van der Waals surface area contributed by atoms with Gasteiger partial charge in [-0.15, -0.1) is 0 Å². The van der Waals surface area contributed by atoms with Crippen LogP contribution in [-0.2, 0) is 22.6 Å². The summed E-state index contributed by atoms with van der Waals surface area (Å²) in [6.45, 7) is 0.868. The van der Waals surface area contributed by atoms with Crippen LogP contribution in [0.2, 0.25) is 5.02 Å². The number of methoxy groups -OCH3 is 1. The molecule has 142 valence electrons. The summed E-state index contributed by atoms with van der Waals surface area (Å²) < 4.78 is 5.12. The first-order valence-electron chi connectivity index (χ1n) is 8.97. The lowest BCUT2D eigenvalue weighted by molar-refractivity contribution is -0.137. The van der Waals surface area contributed by atoms with Gasteiger partial charge in [-0.25, -0.2) is 0 Å². The highest BCUT2D eigenvalue weighted by Crippen LogP contribution is 2.46. The number of rotatable bonds is 8. The van der Waals surface area contributed by atoms with Gasteiger partial charge in [0.1, 0.15) is 11.2 Å². The first-order chi connectivity index (χ1) is 13.0. The van der Waals surface area contributed by atoms with Gasteiger partial charge in [0.05, 0.1) is 7.11 Å². The number of benzene rings is 2. The first-order valence-corrected chi connectivity index (χ1v) is 9.35. The van der Waals surface area contributed by atoms with Gasteiger partial charge < -0.3 is 15.4 Å². The van der Waals surface area contributed by atoms with Crippen molar-refractivity contribution in [3.05, 3.63) is 64.7 Å². The zero-order valence-corrected chi connectivity index (χ0v) is 16.0. The Morgan fingerprint density at radius 1 is 1.04 bits per heavy atom. The number of ether oxygens (including phenoxy) is 1. The summed E-state index contributed by atoms with van der Waals surface area (Å²) in [5.74, 6) is 0.359. The molecule has 0 saturated heterocycles. The van der Waals surface area contributed by atoms with Crippen LogP contribution in [0.25, 0.3) is 0 Å². The zero-order valence-electron chi connectivity index (χ0n) is 15.3. The number of halogens is 1. The Morgan fingerprint density at radius 3 is 2.37 bits per heavy atom. The van der Waals surface area contributed by atoms with Crippen molar-refractivity contribution in [3.63, 3.8) is 0 Å². The highest BCUT2D eigenvalue weighted by molar-refractivity contribution is 6.30. The van der Waals surface area contributed by atoms with Crippen molar-refractivity contribution >= 4 is 23.4 Å². The number of nitrogens with one attached hydrogen (secondary N) is 2. The lowest BCUT2D eigenvalue weighted by Crippen LogP contribution is -2.43. The van der Waals surface area contributed by atoms with Gasteiger partial charge in [0.25, 0.3) is 0 Å². The molecule has 1 aliphatic rings. The molecule has 5 nitrogen and oxygen atoms in total. The topological polar surface area (TPSA) is 67.4 Å². The second-order valence-corrected chi connectivity index (χ2v) is 7.19. The smallest absolute Gasteiger partial charge is 0.235 e. The molecule has 3 rings (SSSR count). The maximum absolute atomic E-state index is 12.5. The first kappa shape index (κ1) is 19.2. The summed E-state index contributed by atoms with van der Waals surface area (Å²) in [7, 11) is 1.61. The fourth-order valence-electron chi connectivity index (χ4n) is 2.96. The standard InChI is InChI=1S/C21H23ClN2O3/c1-27-18-7-5-16(6-8-18)14-24-20(26)21(10-11-21)19(25)23-12-9-15-3-2-4-17(22)13-15/h2-8,13H,9-12,14H2,1H3,(H,23,25)(H,24,26). The average Bonchev–Trinajstić information content (AvgIpc) is 3.48. The van der Waals surface area contributed by atoms with Crippen LogP contribution in [0.1, 0.15) is 24.0 Å². The summed E-state index contributed by atoms with van der Waals surface area (Å²) >= 11 is 5.97. The third-order valence-electron chi connectivity index (χ3n) is 4.82. The second kappa shape index (κ2) is 8.44.